The molecule has 6 heteroatoms. The summed E-state index contributed by atoms with van der Waals surface area (Å²) in [5.74, 6) is 0.901. The molecule has 1 heterocycles. The van der Waals surface area contributed by atoms with E-state index in [0.29, 0.717) is 13.0 Å². The van der Waals surface area contributed by atoms with Crippen molar-refractivity contribution in [1.82, 2.24) is 15.1 Å². The Bertz CT molecular complexity index is 840. The third-order valence-corrected chi connectivity index (χ3v) is 5.56. The van der Waals surface area contributed by atoms with E-state index in [1.165, 1.54) is 0 Å². The van der Waals surface area contributed by atoms with Gasteiger partial charge in [0.2, 0.25) is 5.91 Å². The second-order valence-corrected chi connectivity index (χ2v) is 7.38. The van der Waals surface area contributed by atoms with Gasteiger partial charge in [-0.3, -0.25) is 4.79 Å². The topological polar surface area (TPSA) is 61.9 Å². The Kier molecular flexibility index (Phi) is 6.75. The number of para-hydroxylation sites is 1. The van der Waals surface area contributed by atoms with Crippen molar-refractivity contribution in [2.45, 2.75) is 31.8 Å². The summed E-state index contributed by atoms with van der Waals surface area (Å²) >= 11 is 0. The number of urea groups is 1. The third-order valence-electron chi connectivity index (χ3n) is 5.56. The zero-order chi connectivity index (χ0) is 20.8. The molecule has 2 unspecified atom stereocenters. The lowest BCUT2D eigenvalue weighted by molar-refractivity contribution is -0.128. The molecule has 2 aromatic carbocycles. The molecule has 2 atom stereocenters. The summed E-state index contributed by atoms with van der Waals surface area (Å²) in [7, 11) is 3.40. The Balaban J connectivity index is 1.75. The first kappa shape index (κ1) is 20.7. The van der Waals surface area contributed by atoms with Gasteiger partial charge in [-0.25, -0.2) is 4.79 Å². The number of nitrogens with one attached hydrogen (secondary N) is 1. The zero-order valence-corrected chi connectivity index (χ0v) is 17.3. The van der Waals surface area contributed by atoms with Crippen LogP contribution in [0.1, 0.15) is 43.0 Å². The van der Waals surface area contributed by atoms with Crippen molar-refractivity contribution in [3.05, 3.63) is 65.7 Å². The fraction of sp³-hybridized carbons (Fsp3) is 0.391. The predicted octanol–water partition coefficient (Wildman–Crippen LogP) is 3.76. The number of ether oxygens (including phenoxy) is 1. The van der Waals surface area contributed by atoms with Crippen LogP contribution < -0.4 is 10.1 Å². The summed E-state index contributed by atoms with van der Waals surface area (Å²) in [6, 6.07) is 16.9. The van der Waals surface area contributed by atoms with E-state index in [-0.39, 0.29) is 24.0 Å². The molecule has 6 nitrogen and oxygen atoms in total. The summed E-state index contributed by atoms with van der Waals surface area (Å²) < 4.78 is 5.44. The first-order chi connectivity index (χ1) is 14.0. The van der Waals surface area contributed by atoms with E-state index in [2.05, 4.69) is 5.32 Å². The molecule has 154 valence electrons. The van der Waals surface area contributed by atoms with Gasteiger partial charge in [-0.2, -0.15) is 0 Å². The summed E-state index contributed by atoms with van der Waals surface area (Å²) in [4.78, 5) is 28.7. The van der Waals surface area contributed by atoms with E-state index < -0.39 is 0 Å². The van der Waals surface area contributed by atoms with Gasteiger partial charge >= 0.3 is 6.03 Å². The van der Waals surface area contributed by atoms with Gasteiger partial charge in [0.05, 0.1) is 19.2 Å². The number of likely N-dealkylation sites (tertiary alicyclic amines) is 1. The van der Waals surface area contributed by atoms with Crippen molar-refractivity contribution in [2.24, 2.45) is 0 Å². The zero-order valence-electron chi connectivity index (χ0n) is 17.3. The molecular formula is C23H29N3O3. The van der Waals surface area contributed by atoms with E-state index in [1.807, 2.05) is 66.4 Å². The highest BCUT2D eigenvalue weighted by Crippen LogP contribution is 2.28. The maximum atomic E-state index is 13.1. The molecule has 3 rings (SSSR count). The van der Waals surface area contributed by atoms with E-state index >= 15 is 0 Å². The summed E-state index contributed by atoms with van der Waals surface area (Å²) in [5.41, 5.74) is 1.93. The van der Waals surface area contributed by atoms with E-state index in [9.17, 15) is 9.59 Å². The van der Waals surface area contributed by atoms with Crippen LogP contribution in [0.25, 0.3) is 0 Å². The van der Waals surface area contributed by atoms with Gasteiger partial charge in [-0.05, 0) is 25.0 Å². The molecule has 0 spiro atoms. The minimum absolute atomic E-state index is 0.149. The maximum absolute atomic E-state index is 13.1. The molecule has 0 aliphatic carbocycles. The number of carbonyl (C=O) groups excluding carboxylic acids is 2. The Morgan fingerprint density at radius 2 is 1.86 bits per heavy atom. The number of carbonyl (C=O) groups is 2. The molecule has 1 fully saturated rings. The second kappa shape index (κ2) is 9.45. The normalized spacial score (nSPS) is 15.7. The van der Waals surface area contributed by atoms with Crippen molar-refractivity contribution < 1.29 is 14.3 Å². The maximum Gasteiger partial charge on any atom is 0.318 e. The van der Waals surface area contributed by atoms with Gasteiger partial charge in [-0.15, -0.1) is 0 Å². The Morgan fingerprint density at radius 3 is 2.52 bits per heavy atom. The largest absolute Gasteiger partial charge is 0.496 e. The van der Waals surface area contributed by atoms with Crippen LogP contribution in [0.4, 0.5) is 4.79 Å². The van der Waals surface area contributed by atoms with Crippen LogP contribution in [0.15, 0.2) is 54.6 Å². The molecule has 1 aliphatic heterocycles. The molecule has 1 saturated heterocycles. The second-order valence-electron chi connectivity index (χ2n) is 7.38. The highest BCUT2D eigenvalue weighted by Gasteiger charge is 2.27. The Hall–Kier alpha value is -3.02. The molecule has 3 amide bonds. The SMILES string of the molecule is COc1ccccc1C(C)N(C)C(=O)NC(CN1CCCC1=O)c1ccccc1. The standard InChI is InChI=1S/C23H29N3O3/c1-17(19-12-7-8-13-21(19)29-3)25(2)23(28)24-20(18-10-5-4-6-11-18)16-26-15-9-14-22(26)27/h4-8,10-13,17,20H,9,14-16H2,1-3H3,(H,24,28). The Morgan fingerprint density at radius 1 is 1.17 bits per heavy atom. The van der Waals surface area contributed by atoms with Crippen molar-refractivity contribution >= 4 is 11.9 Å². The van der Waals surface area contributed by atoms with Crippen LogP contribution in [0.2, 0.25) is 0 Å². The van der Waals surface area contributed by atoms with Crippen molar-refractivity contribution in [3.8, 4) is 5.75 Å². The lowest BCUT2D eigenvalue weighted by atomic mass is 10.1. The van der Waals surface area contributed by atoms with Crippen LogP contribution in [-0.2, 0) is 4.79 Å². The minimum Gasteiger partial charge on any atom is -0.496 e. The molecule has 0 aromatic heterocycles. The minimum atomic E-state index is -0.266. The van der Waals surface area contributed by atoms with Gasteiger partial charge in [0.25, 0.3) is 0 Å². The number of methoxy groups -OCH3 is 1. The molecule has 0 bridgehead atoms. The molecule has 1 N–H and O–H groups in total. The lowest BCUT2D eigenvalue weighted by Gasteiger charge is -2.31. The number of hydrogen-bond acceptors (Lipinski definition) is 3. The van der Waals surface area contributed by atoms with Gasteiger partial charge < -0.3 is 19.9 Å². The van der Waals surface area contributed by atoms with Gasteiger partial charge in [0.1, 0.15) is 5.75 Å². The van der Waals surface area contributed by atoms with Crippen molar-refractivity contribution in [1.29, 1.82) is 0 Å². The van der Waals surface area contributed by atoms with Crippen LogP contribution in [0.3, 0.4) is 0 Å². The number of nitrogens with zero attached hydrogens (tertiary/aromatic N) is 2. The smallest absolute Gasteiger partial charge is 0.318 e. The van der Waals surface area contributed by atoms with Crippen LogP contribution in [0.5, 0.6) is 5.75 Å². The summed E-state index contributed by atoms with van der Waals surface area (Å²) in [5, 5.41) is 3.12. The average Bonchev–Trinajstić information content (AvgIpc) is 3.17. The number of rotatable bonds is 7. The first-order valence-electron chi connectivity index (χ1n) is 10.00. The number of amides is 3. The van der Waals surface area contributed by atoms with Crippen LogP contribution in [0, 0.1) is 0 Å². The quantitative estimate of drug-likeness (QED) is 0.776. The Labute approximate surface area is 172 Å². The van der Waals surface area contributed by atoms with Crippen LogP contribution >= 0.6 is 0 Å². The van der Waals surface area contributed by atoms with Crippen LogP contribution in [-0.4, -0.2) is 49.0 Å². The highest BCUT2D eigenvalue weighted by molar-refractivity contribution is 5.78. The average molecular weight is 396 g/mol. The van der Waals surface area contributed by atoms with E-state index in [4.69, 9.17) is 4.74 Å². The molecule has 0 radical (unpaired) electrons. The first-order valence-corrected chi connectivity index (χ1v) is 10.00. The van der Waals surface area contributed by atoms with Crippen molar-refractivity contribution in [2.75, 3.05) is 27.2 Å². The predicted molar refractivity (Wildman–Crippen MR) is 113 cm³/mol. The number of benzene rings is 2. The van der Waals surface area contributed by atoms with Gasteiger partial charge in [0.15, 0.2) is 0 Å². The molecule has 1 aliphatic rings. The fourth-order valence-electron chi connectivity index (χ4n) is 3.68. The molecule has 0 saturated carbocycles. The molecule has 2 aromatic rings. The third kappa shape index (κ3) is 4.88. The lowest BCUT2D eigenvalue weighted by Crippen LogP contribution is -2.44. The van der Waals surface area contributed by atoms with Crippen molar-refractivity contribution in [3.63, 3.8) is 0 Å². The summed E-state index contributed by atoms with van der Waals surface area (Å²) in [6.45, 7) is 3.19. The molecular weight excluding hydrogens is 366 g/mol. The summed E-state index contributed by atoms with van der Waals surface area (Å²) in [6.07, 6.45) is 1.46. The van der Waals surface area contributed by atoms with Gasteiger partial charge in [-0.1, -0.05) is 48.5 Å². The van der Waals surface area contributed by atoms with E-state index in [0.717, 1.165) is 29.8 Å². The van der Waals surface area contributed by atoms with Gasteiger partial charge in [0, 0.05) is 32.1 Å². The fourth-order valence-corrected chi connectivity index (χ4v) is 3.68. The highest BCUT2D eigenvalue weighted by atomic mass is 16.5. The monoisotopic (exact) mass is 395 g/mol. The van der Waals surface area contributed by atoms with E-state index in [1.54, 1.807) is 19.1 Å². The molecule has 29 heavy (non-hydrogen) atoms. The number of hydrogen-bond donors (Lipinski definition) is 1.